The first-order chi connectivity index (χ1) is 12.4. The predicted molar refractivity (Wildman–Crippen MR) is 117 cm³/mol. The second-order valence-corrected chi connectivity index (χ2v) is 7.83. The first-order valence-corrected chi connectivity index (χ1v) is 9.81. The number of thiocarbonyl (C=S) groups is 1. The van der Waals surface area contributed by atoms with Crippen molar-refractivity contribution in [2.45, 2.75) is 6.92 Å². The topological polar surface area (TPSA) is 67.2 Å². The number of carbonyl (C=O) groups is 1. The number of halogens is 2. The molecule has 0 bridgehead atoms. The van der Waals surface area contributed by atoms with E-state index in [2.05, 4.69) is 54.1 Å². The fraction of sp³-hybridized carbons (Fsp3) is 0.0556. The third kappa shape index (κ3) is 4.68. The standard InChI is InChI=1S/C18H13BrIN3O2S/c1-10-13(20)6-9-16(21-10)22-18(26)23-17(24)15-8-7-14(25-15)11-2-4-12(19)5-3-11/h2-9H,1H3,(H2,21,22,23,24,26). The normalized spacial score (nSPS) is 10.4. The van der Waals surface area contributed by atoms with Gasteiger partial charge in [0.15, 0.2) is 10.9 Å². The van der Waals surface area contributed by atoms with Crippen LogP contribution in [0.4, 0.5) is 5.82 Å². The fourth-order valence-electron chi connectivity index (χ4n) is 2.16. The van der Waals surface area contributed by atoms with Crippen LogP contribution in [-0.4, -0.2) is 16.0 Å². The van der Waals surface area contributed by atoms with Gasteiger partial charge < -0.3 is 9.73 Å². The Balaban J connectivity index is 1.65. The Morgan fingerprint density at radius 3 is 2.58 bits per heavy atom. The minimum absolute atomic E-state index is 0.157. The molecule has 0 aliphatic rings. The van der Waals surface area contributed by atoms with Crippen molar-refractivity contribution in [3.63, 3.8) is 0 Å². The Labute approximate surface area is 177 Å². The van der Waals surface area contributed by atoms with Crippen LogP contribution < -0.4 is 10.6 Å². The van der Waals surface area contributed by atoms with Crippen molar-refractivity contribution in [3.8, 4) is 11.3 Å². The second-order valence-electron chi connectivity index (χ2n) is 5.34. The van der Waals surface area contributed by atoms with Crippen molar-refractivity contribution in [2.24, 2.45) is 0 Å². The molecule has 3 aromatic rings. The first kappa shape index (κ1) is 19.0. The number of hydrogen-bond donors (Lipinski definition) is 2. The van der Waals surface area contributed by atoms with E-state index < -0.39 is 5.91 Å². The number of carbonyl (C=O) groups excluding carboxylic acids is 1. The van der Waals surface area contributed by atoms with Crippen LogP contribution in [0.5, 0.6) is 0 Å². The van der Waals surface area contributed by atoms with Gasteiger partial charge in [-0.3, -0.25) is 10.1 Å². The minimum atomic E-state index is -0.423. The third-order valence-electron chi connectivity index (χ3n) is 3.45. The van der Waals surface area contributed by atoms with Gasteiger partial charge in [0.2, 0.25) is 0 Å². The highest BCUT2D eigenvalue weighted by Crippen LogP contribution is 2.24. The van der Waals surface area contributed by atoms with E-state index in [-0.39, 0.29) is 10.9 Å². The molecule has 2 aromatic heterocycles. The monoisotopic (exact) mass is 541 g/mol. The lowest BCUT2D eigenvalue weighted by atomic mass is 10.2. The first-order valence-electron chi connectivity index (χ1n) is 7.53. The largest absolute Gasteiger partial charge is 0.451 e. The molecule has 132 valence electrons. The van der Waals surface area contributed by atoms with Crippen LogP contribution in [0.3, 0.4) is 0 Å². The highest BCUT2D eigenvalue weighted by molar-refractivity contribution is 14.1. The molecule has 1 aromatic carbocycles. The highest BCUT2D eigenvalue weighted by Gasteiger charge is 2.14. The van der Waals surface area contributed by atoms with Gasteiger partial charge in [0.1, 0.15) is 11.6 Å². The molecule has 0 radical (unpaired) electrons. The Bertz CT molecular complexity index is 973. The van der Waals surface area contributed by atoms with E-state index >= 15 is 0 Å². The van der Waals surface area contributed by atoms with Gasteiger partial charge in [-0.15, -0.1) is 0 Å². The average molecular weight is 542 g/mol. The van der Waals surface area contributed by atoms with Gasteiger partial charge in [0, 0.05) is 13.6 Å². The molecule has 0 saturated carbocycles. The lowest BCUT2D eigenvalue weighted by molar-refractivity contribution is 0.0951. The van der Waals surface area contributed by atoms with Gasteiger partial charge in [-0.1, -0.05) is 28.1 Å². The number of furan rings is 1. The van der Waals surface area contributed by atoms with E-state index in [1.165, 1.54) is 0 Å². The van der Waals surface area contributed by atoms with Crippen LogP contribution in [0.2, 0.25) is 0 Å². The SMILES string of the molecule is Cc1nc(NC(=S)NC(=O)c2ccc(-c3ccc(Br)cc3)o2)ccc1I. The zero-order valence-corrected chi connectivity index (χ0v) is 18.1. The molecular formula is C18H13BrIN3O2S. The maximum absolute atomic E-state index is 12.3. The number of anilines is 1. The summed E-state index contributed by atoms with van der Waals surface area (Å²) in [5.41, 5.74) is 1.77. The van der Waals surface area contributed by atoms with E-state index in [1.807, 2.05) is 37.3 Å². The summed E-state index contributed by atoms with van der Waals surface area (Å²) < 4.78 is 7.65. The molecular weight excluding hydrogens is 529 g/mol. The van der Waals surface area contributed by atoms with E-state index in [9.17, 15) is 4.79 Å². The number of nitrogens with one attached hydrogen (secondary N) is 2. The van der Waals surface area contributed by atoms with E-state index in [0.717, 1.165) is 19.3 Å². The third-order valence-corrected chi connectivity index (χ3v) is 5.32. The van der Waals surface area contributed by atoms with Crippen LogP contribution in [-0.2, 0) is 0 Å². The molecule has 5 nitrogen and oxygen atoms in total. The van der Waals surface area contributed by atoms with E-state index in [1.54, 1.807) is 18.2 Å². The second kappa shape index (κ2) is 8.28. The molecule has 0 saturated heterocycles. The zero-order valence-electron chi connectivity index (χ0n) is 13.5. The molecule has 26 heavy (non-hydrogen) atoms. The minimum Gasteiger partial charge on any atom is -0.451 e. The maximum Gasteiger partial charge on any atom is 0.293 e. The lowest BCUT2D eigenvalue weighted by Crippen LogP contribution is -2.34. The summed E-state index contributed by atoms with van der Waals surface area (Å²) in [6, 6.07) is 14.7. The number of hydrogen-bond acceptors (Lipinski definition) is 4. The van der Waals surface area contributed by atoms with Gasteiger partial charge in [-0.05, 0) is 78.1 Å². The summed E-state index contributed by atoms with van der Waals surface area (Å²) in [5, 5.41) is 5.64. The van der Waals surface area contributed by atoms with Crippen molar-refractivity contribution < 1.29 is 9.21 Å². The number of pyridine rings is 1. The number of rotatable bonds is 3. The quantitative estimate of drug-likeness (QED) is 0.355. The molecule has 2 N–H and O–H groups in total. The van der Waals surface area contributed by atoms with Gasteiger partial charge >= 0.3 is 0 Å². The van der Waals surface area contributed by atoms with Crippen LogP contribution in [0.25, 0.3) is 11.3 Å². The Morgan fingerprint density at radius 2 is 1.88 bits per heavy atom. The molecule has 0 aliphatic heterocycles. The lowest BCUT2D eigenvalue weighted by Gasteiger charge is -2.09. The van der Waals surface area contributed by atoms with Crippen molar-refractivity contribution >= 4 is 67.6 Å². The van der Waals surface area contributed by atoms with Crippen LogP contribution in [0.1, 0.15) is 16.2 Å². The molecule has 0 fully saturated rings. The molecule has 0 spiro atoms. The van der Waals surface area contributed by atoms with Gasteiger partial charge in [0.05, 0.1) is 5.69 Å². The van der Waals surface area contributed by atoms with Crippen molar-refractivity contribution in [2.75, 3.05) is 5.32 Å². The number of benzene rings is 1. The number of aromatic nitrogens is 1. The van der Waals surface area contributed by atoms with Gasteiger partial charge in [-0.2, -0.15) is 0 Å². The zero-order chi connectivity index (χ0) is 18.7. The summed E-state index contributed by atoms with van der Waals surface area (Å²) in [5.74, 6) is 0.937. The number of nitrogens with zero attached hydrogens (tertiary/aromatic N) is 1. The molecule has 3 rings (SSSR count). The number of amides is 1. The maximum atomic E-state index is 12.3. The average Bonchev–Trinajstić information content (AvgIpc) is 3.09. The van der Waals surface area contributed by atoms with E-state index in [4.69, 9.17) is 16.6 Å². The summed E-state index contributed by atoms with van der Waals surface area (Å²) >= 11 is 10.8. The van der Waals surface area contributed by atoms with Crippen molar-refractivity contribution in [1.29, 1.82) is 0 Å². The summed E-state index contributed by atoms with van der Waals surface area (Å²) in [4.78, 5) is 16.7. The van der Waals surface area contributed by atoms with Crippen LogP contribution in [0, 0.1) is 10.5 Å². The molecule has 0 aliphatic carbocycles. The molecule has 2 heterocycles. The fourth-order valence-corrected chi connectivity index (χ4v) is 2.92. The summed E-state index contributed by atoms with van der Waals surface area (Å²) in [6.07, 6.45) is 0. The van der Waals surface area contributed by atoms with Crippen LogP contribution >= 0.6 is 50.7 Å². The smallest absolute Gasteiger partial charge is 0.293 e. The molecule has 0 unspecified atom stereocenters. The highest BCUT2D eigenvalue weighted by atomic mass is 127. The van der Waals surface area contributed by atoms with Crippen LogP contribution in [0.15, 0.2) is 57.4 Å². The van der Waals surface area contributed by atoms with E-state index in [0.29, 0.717) is 11.6 Å². The molecule has 0 atom stereocenters. The Hall–Kier alpha value is -1.78. The van der Waals surface area contributed by atoms with Crippen molar-refractivity contribution in [3.05, 3.63) is 68.0 Å². The summed E-state index contributed by atoms with van der Waals surface area (Å²) in [7, 11) is 0. The Morgan fingerprint density at radius 1 is 1.15 bits per heavy atom. The predicted octanol–water partition coefficient (Wildman–Crippen LogP) is 5.14. The van der Waals surface area contributed by atoms with Gasteiger partial charge in [-0.25, -0.2) is 4.98 Å². The molecule has 1 amide bonds. The Kier molecular flexibility index (Phi) is 6.05. The van der Waals surface area contributed by atoms with Crippen molar-refractivity contribution in [1.82, 2.24) is 10.3 Å². The van der Waals surface area contributed by atoms with Gasteiger partial charge in [0.25, 0.3) is 5.91 Å². The summed E-state index contributed by atoms with van der Waals surface area (Å²) in [6.45, 7) is 1.90. The molecule has 8 heteroatoms. The number of aryl methyl sites for hydroxylation is 1.